The molecule has 3 aliphatic heterocycles. The standard InChI is InChI=1S/C46H86N2O7/c1-7-9-11-13-15-17-19-21-23-25-27-29-31-33-39(49)47-35-36-48(40(50)34-32-30-28-26-24-22-20-18-16-14-12-10-8-2)37-38-41-42(53-45(3,4)52-41)43-44(51-38)55-46(5,6)54-43/h38,41-44H,7-37H2,1-6H3,(H,47,49)/t38-,41+,42+,43-,44-/m1/s1. The lowest BCUT2D eigenvalue weighted by molar-refractivity contribution is -0.236. The Morgan fingerprint density at radius 2 is 0.909 bits per heavy atom. The fourth-order valence-electron chi connectivity index (χ4n) is 8.55. The van der Waals surface area contributed by atoms with Gasteiger partial charge < -0.3 is 33.9 Å². The van der Waals surface area contributed by atoms with E-state index in [1.807, 2.05) is 32.6 Å². The number of unbranched alkanes of at least 4 members (excludes halogenated alkanes) is 24. The number of hydrogen-bond acceptors (Lipinski definition) is 7. The summed E-state index contributed by atoms with van der Waals surface area (Å²) in [5.74, 6) is -1.44. The van der Waals surface area contributed by atoms with E-state index in [1.54, 1.807) is 0 Å². The summed E-state index contributed by atoms with van der Waals surface area (Å²) in [4.78, 5) is 28.4. The Bertz CT molecular complexity index is 1020. The molecule has 0 spiro atoms. The molecule has 0 saturated carbocycles. The van der Waals surface area contributed by atoms with Gasteiger partial charge in [-0.05, 0) is 40.5 Å². The highest BCUT2D eigenvalue weighted by Crippen LogP contribution is 2.44. The number of carbonyl (C=O) groups is 2. The van der Waals surface area contributed by atoms with E-state index in [1.165, 1.54) is 141 Å². The van der Waals surface area contributed by atoms with Gasteiger partial charge in [0.05, 0.1) is 0 Å². The molecule has 1 N–H and O–H groups in total. The van der Waals surface area contributed by atoms with Gasteiger partial charge in [0.1, 0.15) is 24.4 Å². The predicted molar refractivity (Wildman–Crippen MR) is 223 cm³/mol. The van der Waals surface area contributed by atoms with Crippen LogP contribution >= 0.6 is 0 Å². The van der Waals surface area contributed by atoms with Crippen LogP contribution in [0.5, 0.6) is 0 Å². The fourth-order valence-corrected chi connectivity index (χ4v) is 8.55. The van der Waals surface area contributed by atoms with Gasteiger partial charge in [-0.25, -0.2) is 0 Å². The first-order valence-electron chi connectivity index (χ1n) is 23.5. The topological polar surface area (TPSA) is 95.6 Å². The van der Waals surface area contributed by atoms with Crippen molar-refractivity contribution in [1.82, 2.24) is 10.2 Å². The average Bonchev–Trinajstić information content (AvgIpc) is 3.65. The molecule has 2 amide bonds. The van der Waals surface area contributed by atoms with Crippen LogP contribution in [0.25, 0.3) is 0 Å². The number of fused-ring (bicyclic) bond motifs is 3. The largest absolute Gasteiger partial charge is 0.354 e. The van der Waals surface area contributed by atoms with Gasteiger partial charge in [0.25, 0.3) is 0 Å². The molecule has 322 valence electrons. The Morgan fingerprint density at radius 3 is 1.40 bits per heavy atom. The molecule has 0 aromatic carbocycles. The zero-order valence-corrected chi connectivity index (χ0v) is 36.6. The molecule has 3 fully saturated rings. The van der Waals surface area contributed by atoms with E-state index in [2.05, 4.69) is 19.2 Å². The molecule has 3 saturated heterocycles. The maximum absolute atomic E-state index is 13.8. The fraction of sp³-hybridized carbons (Fsp3) is 0.957. The minimum atomic E-state index is -0.799. The second-order valence-corrected chi connectivity index (χ2v) is 17.9. The van der Waals surface area contributed by atoms with Gasteiger partial charge >= 0.3 is 0 Å². The van der Waals surface area contributed by atoms with E-state index in [0.29, 0.717) is 32.5 Å². The summed E-state index contributed by atoms with van der Waals surface area (Å²) in [6, 6.07) is 0. The van der Waals surface area contributed by atoms with Gasteiger partial charge in [-0.3, -0.25) is 9.59 Å². The summed E-state index contributed by atoms with van der Waals surface area (Å²) in [7, 11) is 0. The van der Waals surface area contributed by atoms with Crippen molar-refractivity contribution in [3.05, 3.63) is 0 Å². The maximum Gasteiger partial charge on any atom is 0.222 e. The molecule has 0 radical (unpaired) electrons. The number of nitrogens with one attached hydrogen (secondary N) is 1. The van der Waals surface area contributed by atoms with Crippen LogP contribution in [0.1, 0.15) is 221 Å². The molecule has 3 aliphatic rings. The highest BCUT2D eigenvalue weighted by molar-refractivity contribution is 5.77. The summed E-state index contributed by atoms with van der Waals surface area (Å²) in [6.45, 7) is 13.3. The molecule has 9 nitrogen and oxygen atoms in total. The third-order valence-electron chi connectivity index (χ3n) is 11.7. The minimum Gasteiger partial charge on any atom is -0.354 e. The van der Waals surface area contributed by atoms with Gasteiger partial charge in [0.15, 0.2) is 17.9 Å². The van der Waals surface area contributed by atoms with E-state index >= 15 is 0 Å². The zero-order chi connectivity index (χ0) is 39.8. The van der Waals surface area contributed by atoms with Gasteiger partial charge in [0, 0.05) is 32.5 Å². The van der Waals surface area contributed by atoms with Crippen LogP contribution in [0.4, 0.5) is 0 Å². The van der Waals surface area contributed by atoms with E-state index in [9.17, 15) is 9.59 Å². The van der Waals surface area contributed by atoms with Crippen LogP contribution in [-0.2, 0) is 33.3 Å². The quantitative estimate of drug-likeness (QED) is 0.0663. The van der Waals surface area contributed by atoms with Gasteiger partial charge in [-0.1, -0.05) is 168 Å². The Kier molecular flexibility index (Phi) is 24.0. The second kappa shape index (κ2) is 27.4. The first-order valence-corrected chi connectivity index (χ1v) is 23.5. The van der Waals surface area contributed by atoms with E-state index < -0.39 is 36.2 Å². The first-order chi connectivity index (χ1) is 26.5. The zero-order valence-electron chi connectivity index (χ0n) is 36.6. The van der Waals surface area contributed by atoms with Crippen molar-refractivity contribution >= 4 is 11.8 Å². The minimum absolute atomic E-state index is 0.0665. The number of rotatable bonds is 33. The van der Waals surface area contributed by atoms with E-state index in [0.717, 1.165) is 25.7 Å². The van der Waals surface area contributed by atoms with Crippen molar-refractivity contribution in [1.29, 1.82) is 0 Å². The number of ether oxygens (including phenoxy) is 5. The van der Waals surface area contributed by atoms with E-state index in [-0.39, 0.29) is 17.9 Å². The number of carbonyl (C=O) groups excluding carboxylic acids is 2. The first kappa shape index (κ1) is 48.1. The SMILES string of the molecule is CCCCCCCCCCCCCCCC(=O)NCCN(C[C@H]1O[C@@H]2OC(C)(C)O[C@@H]2[C@H]2OC(C)(C)O[C@H]21)C(=O)CCCCCCCCCCCCCCC. The molecular weight excluding hydrogens is 693 g/mol. The van der Waals surface area contributed by atoms with Crippen molar-refractivity contribution in [2.45, 2.75) is 264 Å². The lowest BCUT2D eigenvalue weighted by atomic mass is 9.98. The van der Waals surface area contributed by atoms with Crippen LogP contribution in [-0.4, -0.2) is 78.6 Å². The van der Waals surface area contributed by atoms with Crippen molar-refractivity contribution in [2.24, 2.45) is 0 Å². The molecule has 0 aromatic rings. The summed E-state index contributed by atoms with van der Waals surface area (Å²) in [6.07, 6.45) is 32.1. The number of nitrogens with zero attached hydrogens (tertiary/aromatic N) is 1. The Hall–Kier alpha value is -1.26. The third kappa shape index (κ3) is 19.8. The number of amides is 2. The summed E-state index contributed by atoms with van der Waals surface area (Å²) in [5.41, 5.74) is 0. The molecule has 3 rings (SSSR count). The summed E-state index contributed by atoms with van der Waals surface area (Å²) < 4.78 is 31.5. The molecule has 0 bridgehead atoms. The summed E-state index contributed by atoms with van der Waals surface area (Å²) in [5, 5.41) is 3.10. The van der Waals surface area contributed by atoms with Crippen LogP contribution in [0.15, 0.2) is 0 Å². The lowest BCUT2D eigenvalue weighted by Crippen LogP contribution is -2.58. The maximum atomic E-state index is 13.8. The second-order valence-electron chi connectivity index (χ2n) is 17.9. The molecule has 0 aromatic heterocycles. The third-order valence-corrected chi connectivity index (χ3v) is 11.7. The smallest absolute Gasteiger partial charge is 0.222 e. The predicted octanol–water partition coefficient (Wildman–Crippen LogP) is 11.3. The molecule has 0 aliphatic carbocycles. The lowest BCUT2D eigenvalue weighted by Gasteiger charge is -2.39. The van der Waals surface area contributed by atoms with Gasteiger partial charge in [-0.2, -0.15) is 0 Å². The highest BCUT2D eigenvalue weighted by Gasteiger charge is 2.60. The highest BCUT2D eigenvalue weighted by atomic mass is 16.9. The molecule has 0 unspecified atom stereocenters. The van der Waals surface area contributed by atoms with Crippen molar-refractivity contribution in [3.8, 4) is 0 Å². The average molecular weight is 779 g/mol. The summed E-state index contributed by atoms with van der Waals surface area (Å²) >= 11 is 0. The molecule has 9 heteroatoms. The van der Waals surface area contributed by atoms with Gasteiger partial charge in [0.2, 0.25) is 11.8 Å². The van der Waals surface area contributed by atoms with Crippen molar-refractivity contribution in [3.63, 3.8) is 0 Å². The Morgan fingerprint density at radius 1 is 0.509 bits per heavy atom. The molecule has 3 heterocycles. The molecular formula is C46H86N2O7. The van der Waals surface area contributed by atoms with Crippen molar-refractivity contribution < 1.29 is 33.3 Å². The van der Waals surface area contributed by atoms with E-state index in [4.69, 9.17) is 23.7 Å². The van der Waals surface area contributed by atoms with Crippen molar-refractivity contribution in [2.75, 3.05) is 19.6 Å². The van der Waals surface area contributed by atoms with Gasteiger partial charge in [-0.15, -0.1) is 0 Å². The monoisotopic (exact) mass is 779 g/mol. The Balaban J connectivity index is 1.39. The Labute approximate surface area is 337 Å². The molecule has 5 atom stereocenters. The van der Waals surface area contributed by atoms with Crippen LogP contribution < -0.4 is 5.32 Å². The normalized spacial score (nSPS) is 23.8. The molecule has 55 heavy (non-hydrogen) atoms. The van der Waals surface area contributed by atoms with Crippen LogP contribution in [0.2, 0.25) is 0 Å². The van der Waals surface area contributed by atoms with Crippen LogP contribution in [0.3, 0.4) is 0 Å². The van der Waals surface area contributed by atoms with Crippen LogP contribution in [0, 0.1) is 0 Å². The number of hydrogen-bond donors (Lipinski definition) is 1.